The van der Waals surface area contributed by atoms with Crippen LogP contribution in [0.2, 0.25) is 0 Å². The van der Waals surface area contributed by atoms with E-state index in [2.05, 4.69) is 39.6 Å². The summed E-state index contributed by atoms with van der Waals surface area (Å²) in [5.41, 5.74) is 0.118. The van der Waals surface area contributed by atoms with Crippen LogP contribution in [-0.4, -0.2) is 34.8 Å². The predicted octanol–water partition coefficient (Wildman–Crippen LogP) is 6.79. The molecule has 5 fully saturated rings. The molecule has 0 spiro atoms. The summed E-state index contributed by atoms with van der Waals surface area (Å²) in [5.74, 6) is 4.55. The van der Waals surface area contributed by atoms with Gasteiger partial charge in [-0.15, -0.1) is 0 Å². The van der Waals surface area contributed by atoms with Gasteiger partial charge in [-0.1, -0.05) is 0 Å². The van der Waals surface area contributed by atoms with E-state index in [9.17, 15) is 4.91 Å². The van der Waals surface area contributed by atoms with Gasteiger partial charge in [-0.3, -0.25) is 0 Å². The van der Waals surface area contributed by atoms with Crippen LogP contribution >= 0.6 is 6.98 Å². The van der Waals surface area contributed by atoms with Gasteiger partial charge in [-0.25, -0.2) is 0 Å². The Morgan fingerprint density at radius 1 is 0.903 bits per heavy atom. The van der Waals surface area contributed by atoms with Gasteiger partial charge in [-0.2, -0.15) is 0 Å². The summed E-state index contributed by atoms with van der Waals surface area (Å²) >= 11 is 0. The molecule has 178 valence electrons. The maximum atomic E-state index is 12.5. The number of ether oxygens (including phenoxy) is 1. The molecule has 0 N–H and O–H groups in total. The van der Waals surface area contributed by atoms with Crippen LogP contribution in [0.1, 0.15) is 81.1 Å². The minimum absolute atomic E-state index is 0.149. The summed E-state index contributed by atoms with van der Waals surface area (Å²) < 4.78 is 13.1. The van der Waals surface area contributed by atoms with E-state index in [0.29, 0.717) is 52.9 Å². The molecule has 2 heterocycles. The fraction of sp³-hybridized carbons (Fsp3) is 1.00. The maximum absolute atomic E-state index is 12.5. The third kappa shape index (κ3) is 3.23. The van der Waals surface area contributed by atoms with Gasteiger partial charge in [0.1, 0.15) is 0 Å². The fourth-order valence-electron chi connectivity index (χ4n) is 7.96. The van der Waals surface area contributed by atoms with E-state index >= 15 is 0 Å². The molecule has 0 aromatic heterocycles. The molecular formula is C25H44NO4P. The van der Waals surface area contributed by atoms with Gasteiger partial charge >= 0.3 is 188 Å². The van der Waals surface area contributed by atoms with Crippen LogP contribution in [0.4, 0.5) is 0 Å². The number of nitroso groups, excluding NO2 is 1. The number of rotatable bonds is 6. The second-order valence-electron chi connectivity index (χ2n) is 13.7. The Morgan fingerprint density at radius 2 is 1.58 bits per heavy atom. The van der Waals surface area contributed by atoms with E-state index in [1.54, 1.807) is 0 Å². The van der Waals surface area contributed by atoms with E-state index in [1.165, 1.54) is 19.3 Å². The molecule has 0 amide bonds. The molecule has 2 aliphatic heterocycles. The Labute approximate surface area is 188 Å². The summed E-state index contributed by atoms with van der Waals surface area (Å²) in [6.07, 6.45) is 6.15. The number of fused-ring (bicyclic) bond motifs is 4. The third-order valence-corrected chi connectivity index (χ3v) is 15.4. The van der Waals surface area contributed by atoms with Crippen molar-refractivity contribution in [2.75, 3.05) is 6.16 Å². The van der Waals surface area contributed by atoms with Crippen molar-refractivity contribution < 1.29 is 14.3 Å². The molecule has 0 radical (unpaired) electrons. The van der Waals surface area contributed by atoms with E-state index in [0.717, 1.165) is 18.5 Å². The third-order valence-electron chi connectivity index (χ3n) is 9.50. The molecule has 0 aromatic carbocycles. The van der Waals surface area contributed by atoms with Gasteiger partial charge in [0.25, 0.3) is 0 Å². The van der Waals surface area contributed by atoms with Crippen molar-refractivity contribution in [1.82, 2.24) is 0 Å². The SMILES string of the molecule is CC1CC(C2C3C4CCP4(N=O)(OOC(C)(C)C)C23)C(OC(C)(C)C)C(C2CC2)C1C. The van der Waals surface area contributed by atoms with Crippen molar-refractivity contribution in [3.05, 3.63) is 4.91 Å². The van der Waals surface area contributed by atoms with Crippen LogP contribution in [0, 0.1) is 46.3 Å². The zero-order chi connectivity index (χ0) is 22.6. The standard InChI is InChI=1S/C25H44NO4P/c1-14-13-17(22(28-24(3,4)5)19(15(14)2)16-9-10-16)20-21-18-11-12-31(18,26-27,23(20)21)30-29-25(6,7)8/h14-23H,9-13H2,1-8H3. The molecule has 3 aliphatic carbocycles. The first-order chi connectivity index (χ1) is 14.3. The zero-order valence-corrected chi connectivity index (χ0v) is 21.7. The Bertz CT molecular complexity index is 758. The van der Waals surface area contributed by atoms with Gasteiger partial charge in [0.15, 0.2) is 0 Å². The summed E-state index contributed by atoms with van der Waals surface area (Å²) in [4.78, 5) is 22.2. The van der Waals surface area contributed by atoms with Crippen molar-refractivity contribution in [3.8, 4) is 0 Å². The predicted molar refractivity (Wildman–Crippen MR) is 126 cm³/mol. The molecule has 0 bridgehead atoms. The average molecular weight is 454 g/mol. The molecular weight excluding hydrogens is 409 g/mol. The minimum atomic E-state index is -3.09. The molecule has 2 saturated heterocycles. The van der Waals surface area contributed by atoms with Crippen LogP contribution < -0.4 is 0 Å². The van der Waals surface area contributed by atoms with Crippen molar-refractivity contribution in [1.29, 1.82) is 0 Å². The number of hydrogen-bond acceptors (Lipinski definition) is 5. The van der Waals surface area contributed by atoms with Crippen molar-refractivity contribution in [2.45, 2.75) is 110 Å². The quantitative estimate of drug-likeness (QED) is 0.192. The molecule has 5 rings (SSSR count). The molecule has 31 heavy (non-hydrogen) atoms. The van der Waals surface area contributed by atoms with Gasteiger partial charge < -0.3 is 0 Å². The van der Waals surface area contributed by atoms with Crippen LogP contribution in [0.5, 0.6) is 0 Å². The first kappa shape index (κ1) is 22.7. The topological polar surface area (TPSA) is 57.1 Å². The van der Waals surface area contributed by atoms with E-state index in [4.69, 9.17) is 14.3 Å². The molecule has 6 heteroatoms. The van der Waals surface area contributed by atoms with Crippen LogP contribution in [0.25, 0.3) is 0 Å². The molecule has 3 saturated carbocycles. The molecule has 9 atom stereocenters. The summed E-state index contributed by atoms with van der Waals surface area (Å²) in [7, 11) is 0. The first-order valence-electron chi connectivity index (χ1n) is 12.7. The average Bonchev–Trinajstić information content (AvgIpc) is 3.54. The Morgan fingerprint density at radius 3 is 2.06 bits per heavy atom. The molecule has 9 unspecified atom stereocenters. The van der Waals surface area contributed by atoms with Gasteiger partial charge in [0, 0.05) is 0 Å². The van der Waals surface area contributed by atoms with E-state index in [-0.39, 0.29) is 5.60 Å². The Balaban J connectivity index is 1.44. The number of nitrogens with zero attached hydrogens (tertiary/aromatic N) is 1. The summed E-state index contributed by atoms with van der Waals surface area (Å²) in [6, 6.07) is 0. The summed E-state index contributed by atoms with van der Waals surface area (Å²) in [6.45, 7) is 14.4. The van der Waals surface area contributed by atoms with Crippen molar-refractivity contribution in [3.63, 3.8) is 0 Å². The molecule has 5 nitrogen and oxygen atoms in total. The zero-order valence-electron chi connectivity index (χ0n) is 20.8. The monoisotopic (exact) mass is 453 g/mol. The first-order valence-corrected chi connectivity index (χ1v) is 15.2. The van der Waals surface area contributed by atoms with Crippen LogP contribution in [0.15, 0.2) is 4.95 Å². The van der Waals surface area contributed by atoms with Gasteiger partial charge in [-0.05, 0) is 0 Å². The van der Waals surface area contributed by atoms with Crippen LogP contribution in [0.3, 0.4) is 0 Å². The van der Waals surface area contributed by atoms with Crippen LogP contribution in [-0.2, 0) is 14.3 Å². The summed E-state index contributed by atoms with van der Waals surface area (Å²) in [5, 5.41) is 0. The second kappa shape index (κ2) is 6.74. The second-order valence-corrected chi connectivity index (χ2v) is 18.4. The van der Waals surface area contributed by atoms with E-state index in [1.807, 2.05) is 20.8 Å². The Hall–Kier alpha value is -0.0900. The molecule has 0 aromatic rings. The van der Waals surface area contributed by atoms with E-state index < -0.39 is 12.6 Å². The van der Waals surface area contributed by atoms with Crippen molar-refractivity contribution >= 4 is 6.98 Å². The molecule has 5 aliphatic rings. The fourth-order valence-corrected chi connectivity index (χ4v) is 14.0. The number of hydrogen-bond donors (Lipinski definition) is 0. The Kier molecular flexibility index (Phi) is 4.93. The normalized spacial score (nSPS) is 48.8. The van der Waals surface area contributed by atoms with Gasteiger partial charge in [0.2, 0.25) is 0 Å². The van der Waals surface area contributed by atoms with Crippen molar-refractivity contribution in [2.24, 2.45) is 46.4 Å². The van der Waals surface area contributed by atoms with Gasteiger partial charge in [0.05, 0.1) is 0 Å².